The van der Waals surface area contributed by atoms with Gasteiger partial charge in [-0.2, -0.15) is 13.2 Å². The maximum absolute atomic E-state index is 12.1. The van der Waals surface area contributed by atoms with Crippen LogP contribution in [0.25, 0.3) is 0 Å². The first-order chi connectivity index (χ1) is 6.40. The predicted molar refractivity (Wildman–Crippen MR) is 43.0 cm³/mol. The van der Waals surface area contributed by atoms with Crippen molar-refractivity contribution in [3.63, 3.8) is 0 Å². The fourth-order valence-electron chi connectivity index (χ4n) is 1.73. The van der Waals surface area contributed by atoms with Gasteiger partial charge in [-0.25, -0.2) is 4.79 Å². The number of likely N-dealkylation sites (tertiary alicyclic amines) is 1. The van der Waals surface area contributed by atoms with E-state index in [9.17, 15) is 18.0 Å². The molecule has 0 aromatic heterocycles. The van der Waals surface area contributed by atoms with E-state index in [2.05, 4.69) is 0 Å². The summed E-state index contributed by atoms with van der Waals surface area (Å²) in [6.07, 6.45) is -4.93. The molecule has 0 aromatic rings. The van der Waals surface area contributed by atoms with Crippen molar-refractivity contribution < 1.29 is 23.1 Å². The van der Waals surface area contributed by atoms with E-state index >= 15 is 0 Å². The average Bonchev–Trinajstić information content (AvgIpc) is 2.01. The third-order valence-electron chi connectivity index (χ3n) is 2.34. The van der Waals surface area contributed by atoms with Crippen LogP contribution in [0.3, 0.4) is 0 Å². The maximum Gasteiger partial charge on any atom is 0.407 e. The molecule has 1 N–H and O–H groups in total. The van der Waals surface area contributed by atoms with Gasteiger partial charge in [-0.1, -0.05) is 0 Å². The van der Waals surface area contributed by atoms with Crippen LogP contribution in [-0.4, -0.2) is 34.9 Å². The Bertz CT molecular complexity index is 217. The molecule has 6 heteroatoms. The number of alkyl halides is 3. The zero-order valence-corrected chi connectivity index (χ0v) is 7.55. The van der Waals surface area contributed by atoms with Crippen LogP contribution in [0, 0.1) is 0 Å². The van der Waals surface area contributed by atoms with Gasteiger partial charge in [-0.15, -0.1) is 0 Å². The van der Waals surface area contributed by atoms with Gasteiger partial charge in [0.15, 0.2) is 0 Å². The van der Waals surface area contributed by atoms with Gasteiger partial charge < -0.3 is 10.0 Å². The van der Waals surface area contributed by atoms with Crippen LogP contribution in [0.5, 0.6) is 0 Å². The lowest BCUT2D eigenvalue weighted by Gasteiger charge is -2.33. The summed E-state index contributed by atoms with van der Waals surface area (Å²) in [5.41, 5.74) is 0. The van der Waals surface area contributed by atoms with Gasteiger partial charge in [0.2, 0.25) is 0 Å². The normalized spacial score (nSPS) is 23.6. The van der Waals surface area contributed by atoms with Gasteiger partial charge in [0, 0.05) is 12.6 Å². The van der Waals surface area contributed by atoms with Gasteiger partial charge in [0.1, 0.15) is 0 Å². The fraction of sp³-hybridized carbons (Fsp3) is 0.875. The predicted octanol–water partition coefficient (Wildman–Crippen LogP) is 2.47. The number of hydrogen-bond donors (Lipinski definition) is 1. The van der Waals surface area contributed by atoms with E-state index in [4.69, 9.17) is 5.11 Å². The molecule has 1 saturated heterocycles. The minimum atomic E-state index is -4.28. The largest absolute Gasteiger partial charge is 0.465 e. The zero-order valence-electron chi connectivity index (χ0n) is 7.55. The molecule has 1 unspecified atom stereocenters. The molecule has 1 aliphatic heterocycles. The van der Waals surface area contributed by atoms with Gasteiger partial charge >= 0.3 is 12.3 Å². The van der Waals surface area contributed by atoms with Crippen LogP contribution in [0.4, 0.5) is 18.0 Å². The Morgan fingerprint density at radius 3 is 2.57 bits per heavy atom. The summed E-state index contributed by atoms with van der Waals surface area (Å²) in [6, 6.07) is -0.888. The van der Waals surface area contributed by atoms with Crippen LogP contribution in [-0.2, 0) is 0 Å². The zero-order chi connectivity index (χ0) is 10.8. The number of hydrogen-bond acceptors (Lipinski definition) is 1. The van der Waals surface area contributed by atoms with Crippen molar-refractivity contribution in [1.29, 1.82) is 0 Å². The van der Waals surface area contributed by atoms with E-state index in [0.29, 0.717) is 19.3 Å². The van der Waals surface area contributed by atoms with E-state index < -0.39 is 24.7 Å². The molecule has 1 heterocycles. The van der Waals surface area contributed by atoms with Crippen molar-refractivity contribution in [3.8, 4) is 0 Å². The summed E-state index contributed by atoms with van der Waals surface area (Å²) in [5.74, 6) is 0. The molecule has 1 aliphatic rings. The maximum atomic E-state index is 12.1. The fourth-order valence-corrected chi connectivity index (χ4v) is 1.73. The Hall–Kier alpha value is -0.940. The molecule has 14 heavy (non-hydrogen) atoms. The van der Waals surface area contributed by atoms with E-state index in [1.165, 1.54) is 0 Å². The molecule has 1 atom stereocenters. The quantitative estimate of drug-likeness (QED) is 0.723. The van der Waals surface area contributed by atoms with Crippen molar-refractivity contribution in [2.45, 2.75) is 37.9 Å². The highest BCUT2D eigenvalue weighted by atomic mass is 19.4. The van der Waals surface area contributed by atoms with Crippen molar-refractivity contribution in [3.05, 3.63) is 0 Å². The number of nitrogens with zero attached hydrogens (tertiary/aromatic N) is 1. The second-order valence-corrected chi connectivity index (χ2v) is 3.44. The Balaban J connectivity index is 2.59. The molecule has 3 nitrogen and oxygen atoms in total. The molecule has 0 radical (unpaired) electrons. The summed E-state index contributed by atoms with van der Waals surface area (Å²) < 4.78 is 36.2. The van der Waals surface area contributed by atoms with Crippen LogP contribution in [0.15, 0.2) is 0 Å². The Morgan fingerprint density at radius 1 is 1.43 bits per heavy atom. The van der Waals surface area contributed by atoms with Crippen molar-refractivity contribution >= 4 is 6.09 Å². The van der Waals surface area contributed by atoms with Crippen LogP contribution in [0.2, 0.25) is 0 Å². The first kappa shape index (κ1) is 11.1. The van der Waals surface area contributed by atoms with Gasteiger partial charge in [-0.3, -0.25) is 0 Å². The third kappa shape index (κ3) is 3.08. The van der Waals surface area contributed by atoms with Gasteiger partial charge in [0.25, 0.3) is 0 Å². The minimum absolute atomic E-state index is 0.218. The Labute approximate surface area is 79.5 Å². The summed E-state index contributed by atoms with van der Waals surface area (Å²) in [5, 5.41) is 8.66. The molecule has 0 aliphatic carbocycles. The summed E-state index contributed by atoms with van der Waals surface area (Å²) in [4.78, 5) is 11.5. The highest BCUT2D eigenvalue weighted by Gasteiger charge is 2.37. The molecule has 0 bridgehead atoms. The Kier molecular flexibility index (Phi) is 3.23. The molecule has 1 rings (SSSR count). The van der Waals surface area contributed by atoms with Crippen molar-refractivity contribution in [1.82, 2.24) is 4.90 Å². The lowest BCUT2D eigenvalue weighted by atomic mass is 10.00. The number of rotatable bonds is 1. The van der Waals surface area contributed by atoms with Gasteiger partial charge in [0.05, 0.1) is 6.42 Å². The topological polar surface area (TPSA) is 40.5 Å². The first-order valence-electron chi connectivity index (χ1n) is 4.46. The van der Waals surface area contributed by atoms with Crippen molar-refractivity contribution in [2.24, 2.45) is 0 Å². The summed E-state index contributed by atoms with van der Waals surface area (Å²) in [6.45, 7) is 0.218. The summed E-state index contributed by atoms with van der Waals surface area (Å²) >= 11 is 0. The molecule has 1 fully saturated rings. The SMILES string of the molecule is O=C(O)N1CCCCC1CC(F)(F)F. The van der Waals surface area contributed by atoms with Gasteiger partial charge in [-0.05, 0) is 19.3 Å². The second-order valence-electron chi connectivity index (χ2n) is 3.44. The minimum Gasteiger partial charge on any atom is -0.465 e. The molecule has 0 saturated carbocycles. The molecular formula is C8H12F3NO2. The number of amides is 1. The average molecular weight is 211 g/mol. The second kappa shape index (κ2) is 4.06. The van der Waals surface area contributed by atoms with E-state index in [1.54, 1.807) is 0 Å². The van der Waals surface area contributed by atoms with Crippen LogP contribution < -0.4 is 0 Å². The lowest BCUT2D eigenvalue weighted by molar-refractivity contribution is -0.147. The molecule has 1 amide bonds. The number of piperidine rings is 1. The monoisotopic (exact) mass is 211 g/mol. The van der Waals surface area contributed by atoms with E-state index in [0.717, 1.165) is 4.90 Å². The third-order valence-corrected chi connectivity index (χ3v) is 2.34. The Morgan fingerprint density at radius 2 is 2.07 bits per heavy atom. The lowest BCUT2D eigenvalue weighted by Crippen LogP contribution is -2.45. The number of halogens is 3. The summed E-state index contributed by atoms with van der Waals surface area (Å²) in [7, 11) is 0. The molecule has 82 valence electrons. The van der Waals surface area contributed by atoms with Crippen LogP contribution in [0.1, 0.15) is 25.7 Å². The highest BCUT2D eigenvalue weighted by molar-refractivity contribution is 5.65. The first-order valence-corrected chi connectivity index (χ1v) is 4.46. The standard InChI is InChI=1S/C8H12F3NO2/c9-8(10,11)5-6-3-1-2-4-12(6)7(13)14/h6H,1-5H2,(H,13,14). The van der Waals surface area contributed by atoms with Crippen LogP contribution >= 0.6 is 0 Å². The molecule has 0 aromatic carbocycles. The van der Waals surface area contributed by atoms with E-state index in [-0.39, 0.29) is 6.54 Å². The smallest absolute Gasteiger partial charge is 0.407 e. The number of carbonyl (C=O) groups is 1. The van der Waals surface area contributed by atoms with E-state index in [1.807, 2.05) is 0 Å². The molecule has 0 spiro atoms. The van der Waals surface area contributed by atoms with Crippen molar-refractivity contribution in [2.75, 3.05) is 6.54 Å². The highest BCUT2D eigenvalue weighted by Crippen LogP contribution is 2.29. The molecular weight excluding hydrogens is 199 g/mol. The number of carboxylic acid groups (broad SMARTS) is 1.